The highest BCUT2D eigenvalue weighted by atomic mass is 16.2. The Bertz CT molecular complexity index is 260. The summed E-state index contributed by atoms with van der Waals surface area (Å²) in [6.45, 7) is 11.2. The molecule has 0 aromatic rings. The van der Waals surface area contributed by atoms with E-state index >= 15 is 0 Å². The smallest absolute Gasteiger partial charge is 0.242 e. The molecule has 2 N–H and O–H groups in total. The van der Waals surface area contributed by atoms with E-state index in [0.717, 1.165) is 58.4 Å². The fourth-order valence-electron chi connectivity index (χ4n) is 2.51. The van der Waals surface area contributed by atoms with Gasteiger partial charge in [0.2, 0.25) is 5.91 Å². The van der Waals surface area contributed by atoms with E-state index in [1.165, 1.54) is 0 Å². The van der Waals surface area contributed by atoms with Crippen LogP contribution in [0.5, 0.6) is 0 Å². The van der Waals surface area contributed by atoms with Crippen LogP contribution in [0.3, 0.4) is 0 Å². The van der Waals surface area contributed by atoms with Crippen LogP contribution in [0.25, 0.3) is 0 Å². The average Bonchev–Trinajstić information content (AvgIpc) is 2.35. The Balaban J connectivity index is 2.35. The number of nitrogens with two attached hydrogens (primary N) is 1. The second kappa shape index (κ2) is 7.10. The maximum Gasteiger partial charge on any atom is 0.242 e. The summed E-state index contributed by atoms with van der Waals surface area (Å²) in [5.74, 6) is 0.163. The van der Waals surface area contributed by atoms with Gasteiger partial charge in [-0.25, -0.2) is 0 Å². The van der Waals surface area contributed by atoms with Crippen LogP contribution in [0.15, 0.2) is 0 Å². The Morgan fingerprint density at radius 1 is 1.11 bits per heavy atom. The molecule has 0 atom stereocenters. The number of likely N-dealkylation sites (N-methyl/N-ethyl adjacent to an activating group) is 1. The van der Waals surface area contributed by atoms with Gasteiger partial charge in [-0.2, -0.15) is 0 Å². The second-order valence-electron chi connectivity index (χ2n) is 5.27. The van der Waals surface area contributed by atoms with Crippen LogP contribution in [0.2, 0.25) is 0 Å². The van der Waals surface area contributed by atoms with Crippen molar-refractivity contribution in [3.8, 4) is 0 Å². The zero-order valence-electron chi connectivity index (χ0n) is 12.2. The number of carbonyl (C=O) groups excluding carboxylic acids is 1. The normalized spacial score (nSPS) is 17.6. The van der Waals surface area contributed by atoms with Crippen LogP contribution in [0.1, 0.15) is 46.5 Å². The third-order valence-electron chi connectivity index (χ3n) is 4.14. The lowest BCUT2D eigenvalue weighted by molar-refractivity contribution is -0.140. The molecule has 4 nitrogen and oxygen atoms in total. The monoisotopic (exact) mass is 255 g/mol. The summed E-state index contributed by atoms with van der Waals surface area (Å²) in [5.41, 5.74) is 5.57. The molecule has 0 aromatic carbocycles. The minimum absolute atomic E-state index is 0.163. The van der Waals surface area contributed by atoms with Crippen LogP contribution < -0.4 is 5.73 Å². The van der Waals surface area contributed by atoms with Crippen molar-refractivity contribution in [3.05, 3.63) is 0 Å². The van der Waals surface area contributed by atoms with Crippen LogP contribution in [-0.2, 0) is 4.79 Å². The molecular weight excluding hydrogens is 226 g/mol. The summed E-state index contributed by atoms with van der Waals surface area (Å²) in [7, 11) is 0. The van der Waals surface area contributed by atoms with Crippen molar-refractivity contribution in [2.45, 2.75) is 52.0 Å². The van der Waals surface area contributed by atoms with E-state index < -0.39 is 5.54 Å². The van der Waals surface area contributed by atoms with Gasteiger partial charge in [0.1, 0.15) is 0 Å². The van der Waals surface area contributed by atoms with Crippen LogP contribution in [-0.4, -0.2) is 54.0 Å². The number of hydrogen-bond acceptors (Lipinski definition) is 3. The van der Waals surface area contributed by atoms with Gasteiger partial charge in [0.15, 0.2) is 0 Å². The van der Waals surface area contributed by atoms with Crippen LogP contribution in [0, 0.1) is 0 Å². The van der Waals surface area contributed by atoms with Gasteiger partial charge in [-0.3, -0.25) is 4.79 Å². The molecule has 0 spiro atoms. The largest absolute Gasteiger partial charge is 0.341 e. The molecule has 0 aromatic heterocycles. The molecule has 0 bridgehead atoms. The summed E-state index contributed by atoms with van der Waals surface area (Å²) in [6, 6.07) is 0. The molecule has 0 heterocycles. The van der Waals surface area contributed by atoms with Crippen molar-refractivity contribution in [1.82, 2.24) is 9.80 Å². The summed E-state index contributed by atoms with van der Waals surface area (Å²) >= 11 is 0. The van der Waals surface area contributed by atoms with Crippen molar-refractivity contribution >= 4 is 5.91 Å². The van der Waals surface area contributed by atoms with Gasteiger partial charge < -0.3 is 15.5 Å². The number of nitrogens with zero attached hydrogens (tertiary/aromatic N) is 2. The fraction of sp³-hybridized carbons (Fsp3) is 0.929. The molecule has 1 aliphatic rings. The van der Waals surface area contributed by atoms with E-state index in [-0.39, 0.29) is 5.91 Å². The number of amides is 1. The minimum atomic E-state index is -0.536. The van der Waals surface area contributed by atoms with Gasteiger partial charge in [-0.05, 0) is 52.2 Å². The second-order valence-corrected chi connectivity index (χ2v) is 5.27. The number of carbonyl (C=O) groups is 1. The fourth-order valence-corrected chi connectivity index (χ4v) is 2.51. The highest BCUT2D eigenvalue weighted by Gasteiger charge is 2.42. The molecule has 0 saturated heterocycles. The molecule has 0 unspecified atom stereocenters. The van der Waals surface area contributed by atoms with Crippen molar-refractivity contribution in [2.75, 3.05) is 32.7 Å². The predicted octanol–water partition coefficient (Wildman–Crippen LogP) is 1.45. The summed E-state index contributed by atoms with van der Waals surface area (Å²) in [4.78, 5) is 16.6. The Morgan fingerprint density at radius 2 is 1.72 bits per heavy atom. The van der Waals surface area contributed by atoms with E-state index in [1.807, 2.05) is 11.8 Å². The maximum atomic E-state index is 12.3. The van der Waals surface area contributed by atoms with Crippen molar-refractivity contribution in [2.24, 2.45) is 5.73 Å². The third-order valence-corrected chi connectivity index (χ3v) is 4.14. The SMILES string of the molecule is CCN(CC)CCCN(CC)C(=O)C1(N)CCC1. The molecule has 1 aliphatic carbocycles. The lowest BCUT2D eigenvalue weighted by atomic mass is 9.76. The van der Waals surface area contributed by atoms with E-state index in [9.17, 15) is 4.79 Å². The Labute approximate surface area is 111 Å². The molecule has 4 heteroatoms. The van der Waals surface area contributed by atoms with Gasteiger partial charge in [0.25, 0.3) is 0 Å². The predicted molar refractivity (Wildman–Crippen MR) is 75.4 cm³/mol. The summed E-state index contributed by atoms with van der Waals surface area (Å²) in [6.07, 6.45) is 3.85. The van der Waals surface area contributed by atoms with Crippen molar-refractivity contribution in [1.29, 1.82) is 0 Å². The van der Waals surface area contributed by atoms with Gasteiger partial charge in [0.05, 0.1) is 5.54 Å². The first-order valence-electron chi connectivity index (χ1n) is 7.38. The van der Waals surface area contributed by atoms with E-state index in [1.54, 1.807) is 0 Å². The molecule has 18 heavy (non-hydrogen) atoms. The molecule has 1 amide bonds. The third kappa shape index (κ3) is 3.69. The molecule has 1 rings (SSSR count). The number of rotatable bonds is 8. The first-order chi connectivity index (χ1) is 8.57. The zero-order chi connectivity index (χ0) is 13.6. The average molecular weight is 255 g/mol. The molecule has 1 fully saturated rings. The maximum absolute atomic E-state index is 12.3. The van der Waals surface area contributed by atoms with Gasteiger partial charge >= 0.3 is 0 Å². The van der Waals surface area contributed by atoms with Gasteiger partial charge in [0, 0.05) is 13.1 Å². The molecule has 0 radical (unpaired) electrons. The molecule has 106 valence electrons. The lowest BCUT2D eigenvalue weighted by Gasteiger charge is -2.40. The first kappa shape index (κ1) is 15.4. The Hall–Kier alpha value is -0.610. The van der Waals surface area contributed by atoms with Crippen molar-refractivity contribution < 1.29 is 4.79 Å². The molecule has 0 aliphatic heterocycles. The number of hydrogen-bond donors (Lipinski definition) is 1. The summed E-state index contributed by atoms with van der Waals surface area (Å²) < 4.78 is 0. The van der Waals surface area contributed by atoms with Crippen molar-refractivity contribution in [3.63, 3.8) is 0 Å². The van der Waals surface area contributed by atoms with E-state index in [0.29, 0.717) is 0 Å². The molecule has 1 saturated carbocycles. The van der Waals surface area contributed by atoms with Crippen LogP contribution in [0.4, 0.5) is 0 Å². The van der Waals surface area contributed by atoms with E-state index in [4.69, 9.17) is 5.73 Å². The topological polar surface area (TPSA) is 49.6 Å². The minimum Gasteiger partial charge on any atom is -0.341 e. The first-order valence-corrected chi connectivity index (χ1v) is 7.38. The molecular formula is C14H29N3O. The van der Waals surface area contributed by atoms with E-state index in [2.05, 4.69) is 18.7 Å². The van der Waals surface area contributed by atoms with Gasteiger partial charge in [-0.15, -0.1) is 0 Å². The highest BCUT2D eigenvalue weighted by molar-refractivity contribution is 5.87. The highest BCUT2D eigenvalue weighted by Crippen LogP contribution is 2.30. The quantitative estimate of drug-likeness (QED) is 0.714. The van der Waals surface area contributed by atoms with Gasteiger partial charge in [-0.1, -0.05) is 13.8 Å². The standard InChI is InChI=1S/C14H29N3O/c1-4-16(5-2)11-8-12-17(6-3)13(18)14(15)9-7-10-14/h4-12,15H2,1-3H3. The van der Waals surface area contributed by atoms with Crippen LogP contribution >= 0.6 is 0 Å². The summed E-state index contributed by atoms with van der Waals surface area (Å²) in [5, 5.41) is 0. The zero-order valence-corrected chi connectivity index (χ0v) is 12.2. The Kier molecular flexibility index (Phi) is 6.09. The lowest BCUT2D eigenvalue weighted by Crippen LogP contribution is -2.59. The Morgan fingerprint density at radius 3 is 2.11 bits per heavy atom.